The van der Waals surface area contributed by atoms with Gasteiger partial charge in [-0.1, -0.05) is 24.3 Å². The minimum Gasteiger partial charge on any atom is -0.508 e. The first-order valence-electron chi connectivity index (χ1n) is 10.00. The van der Waals surface area contributed by atoms with E-state index < -0.39 is 11.9 Å². The van der Waals surface area contributed by atoms with Crippen molar-refractivity contribution in [1.82, 2.24) is 9.88 Å². The molecule has 0 aliphatic carbocycles. The van der Waals surface area contributed by atoms with Crippen LogP contribution in [0.3, 0.4) is 0 Å². The van der Waals surface area contributed by atoms with Crippen molar-refractivity contribution in [3.63, 3.8) is 0 Å². The number of ketones is 1. The summed E-state index contributed by atoms with van der Waals surface area (Å²) in [5.41, 5.74) is 1.96. The minimum absolute atomic E-state index is 0.0169. The number of carboxylic acids is 1. The van der Waals surface area contributed by atoms with Gasteiger partial charge in [-0.05, 0) is 54.1 Å². The lowest BCUT2D eigenvalue weighted by Crippen LogP contribution is -2.44. The van der Waals surface area contributed by atoms with Crippen LogP contribution in [0, 0.1) is 0 Å². The summed E-state index contributed by atoms with van der Waals surface area (Å²) < 4.78 is 0. The first kappa shape index (κ1) is 21.0. The molecule has 1 saturated heterocycles. The number of piperidine rings is 1. The fourth-order valence-electron chi connectivity index (χ4n) is 3.72. The summed E-state index contributed by atoms with van der Waals surface area (Å²) >= 11 is 0. The summed E-state index contributed by atoms with van der Waals surface area (Å²) in [7, 11) is 0. The van der Waals surface area contributed by atoms with E-state index in [1.54, 1.807) is 42.6 Å². The predicted octanol–water partition coefficient (Wildman–Crippen LogP) is 3.38. The van der Waals surface area contributed by atoms with E-state index in [0.717, 1.165) is 0 Å². The number of nitrogens with zero attached hydrogens (tertiary/aromatic N) is 2. The van der Waals surface area contributed by atoms with Gasteiger partial charge in [0, 0.05) is 30.4 Å². The summed E-state index contributed by atoms with van der Waals surface area (Å²) in [6.45, 7) is 0.222. The second-order valence-electron chi connectivity index (χ2n) is 7.50. The number of hydrogen-bond acceptors (Lipinski definition) is 5. The minimum atomic E-state index is -1.12. The highest BCUT2D eigenvalue weighted by atomic mass is 16.4. The molecular formula is C25H20N2O5. The molecule has 2 heterocycles. The number of carbonyl (C=O) groups excluding carboxylic acids is 2. The summed E-state index contributed by atoms with van der Waals surface area (Å²) in [4.78, 5) is 43.6. The number of aromatic carboxylic acids is 1. The average Bonchev–Trinajstić information content (AvgIpc) is 2.81. The highest BCUT2D eigenvalue weighted by Crippen LogP contribution is 2.30. The summed E-state index contributed by atoms with van der Waals surface area (Å²) in [6, 6.07) is 17.5. The van der Waals surface area contributed by atoms with Gasteiger partial charge in [0.15, 0.2) is 5.78 Å². The van der Waals surface area contributed by atoms with Crippen LogP contribution in [-0.2, 0) is 4.79 Å². The van der Waals surface area contributed by atoms with Crippen LogP contribution in [0.15, 0.2) is 78.5 Å². The lowest BCUT2D eigenvalue weighted by molar-refractivity contribution is -0.118. The van der Waals surface area contributed by atoms with Gasteiger partial charge in [0.2, 0.25) is 0 Å². The van der Waals surface area contributed by atoms with Gasteiger partial charge in [-0.25, -0.2) is 4.79 Å². The van der Waals surface area contributed by atoms with Gasteiger partial charge in [0.05, 0.1) is 17.2 Å². The predicted molar refractivity (Wildman–Crippen MR) is 117 cm³/mol. The third kappa shape index (κ3) is 4.41. The average molecular weight is 428 g/mol. The van der Waals surface area contributed by atoms with E-state index >= 15 is 0 Å². The quantitative estimate of drug-likeness (QED) is 0.617. The highest BCUT2D eigenvalue weighted by molar-refractivity contribution is 6.07. The second-order valence-corrected chi connectivity index (χ2v) is 7.50. The molecule has 32 heavy (non-hydrogen) atoms. The Hall–Kier alpha value is -4.26. The Bertz CT molecular complexity index is 1200. The number of Topliss-reactive ketones (excluding diaryl/α,β-unsaturated/α-hetero) is 1. The second kappa shape index (κ2) is 8.85. The van der Waals surface area contributed by atoms with E-state index in [1.807, 2.05) is 6.07 Å². The molecule has 1 aromatic heterocycles. The van der Waals surface area contributed by atoms with Crippen LogP contribution >= 0.6 is 0 Å². The number of amides is 1. The van der Waals surface area contributed by atoms with Crippen molar-refractivity contribution >= 4 is 23.7 Å². The number of carbonyl (C=O) groups is 3. The first-order chi connectivity index (χ1) is 15.4. The van der Waals surface area contributed by atoms with Crippen LogP contribution in [0.2, 0.25) is 0 Å². The zero-order valence-corrected chi connectivity index (χ0v) is 17.0. The molecule has 2 aromatic carbocycles. The van der Waals surface area contributed by atoms with Crippen LogP contribution in [0.1, 0.15) is 37.9 Å². The number of pyridine rings is 1. The summed E-state index contributed by atoms with van der Waals surface area (Å²) in [6.07, 6.45) is 3.29. The molecule has 2 N–H and O–H groups in total. The molecule has 0 radical (unpaired) electrons. The Morgan fingerprint density at radius 3 is 2.44 bits per heavy atom. The van der Waals surface area contributed by atoms with Crippen molar-refractivity contribution in [2.45, 2.75) is 5.92 Å². The SMILES string of the molecule is O=C(O)c1cccc(C(=O)N2C/C(=C/c3ccccn3)C(=O)C(c3ccc(O)cc3)C2)c1. The summed E-state index contributed by atoms with van der Waals surface area (Å²) in [5, 5.41) is 18.9. The third-order valence-electron chi connectivity index (χ3n) is 5.35. The smallest absolute Gasteiger partial charge is 0.335 e. The number of aromatic nitrogens is 1. The van der Waals surface area contributed by atoms with E-state index in [1.165, 1.54) is 35.2 Å². The molecule has 0 saturated carbocycles. The fraction of sp³-hybridized carbons (Fsp3) is 0.120. The van der Waals surface area contributed by atoms with E-state index in [2.05, 4.69) is 4.98 Å². The Morgan fingerprint density at radius 2 is 1.75 bits per heavy atom. The molecule has 160 valence electrons. The molecule has 1 aliphatic heterocycles. The molecule has 1 aliphatic rings. The van der Waals surface area contributed by atoms with Gasteiger partial charge in [-0.2, -0.15) is 0 Å². The Morgan fingerprint density at radius 1 is 1.00 bits per heavy atom. The van der Waals surface area contributed by atoms with Crippen molar-refractivity contribution in [1.29, 1.82) is 0 Å². The number of aromatic hydroxyl groups is 1. The largest absolute Gasteiger partial charge is 0.508 e. The molecule has 7 nitrogen and oxygen atoms in total. The summed E-state index contributed by atoms with van der Waals surface area (Å²) in [5.74, 6) is -2.14. The zero-order chi connectivity index (χ0) is 22.7. The maximum absolute atomic E-state index is 13.3. The Labute approximate surface area is 184 Å². The van der Waals surface area contributed by atoms with Gasteiger partial charge < -0.3 is 15.1 Å². The number of phenols is 1. The van der Waals surface area contributed by atoms with Gasteiger partial charge in [0.25, 0.3) is 5.91 Å². The molecule has 0 bridgehead atoms. The highest BCUT2D eigenvalue weighted by Gasteiger charge is 2.35. The molecule has 7 heteroatoms. The molecule has 3 aromatic rings. The van der Waals surface area contributed by atoms with E-state index in [0.29, 0.717) is 16.8 Å². The van der Waals surface area contributed by atoms with Crippen LogP contribution in [-0.4, -0.2) is 50.8 Å². The van der Waals surface area contributed by atoms with Crippen LogP contribution in [0.5, 0.6) is 5.75 Å². The van der Waals surface area contributed by atoms with Crippen molar-refractivity contribution in [2.24, 2.45) is 0 Å². The first-order valence-corrected chi connectivity index (χ1v) is 10.00. The van der Waals surface area contributed by atoms with Gasteiger partial charge >= 0.3 is 5.97 Å². The zero-order valence-electron chi connectivity index (χ0n) is 17.0. The Balaban J connectivity index is 1.72. The molecule has 1 fully saturated rings. The van der Waals surface area contributed by atoms with E-state index in [9.17, 15) is 24.6 Å². The van der Waals surface area contributed by atoms with Crippen molar-refractivity contribution in [3.05, 3.63) is 101 Å². The molecule has 1 unspecified atom stereocenters. The fourth-order valence-corrected chi connectivity index (χ4v) is 3.72. The molecular weight excluding hydrogens is 408 g/mol. The standard InChI is InChI=1S/C25H20N2O5/c28-21-9-7-16(8-10-21)22-15-27(24(30)17-4-3-5-18(12-17)25(31)32)14-19(23(22)29)13-20-6-1-2-11-26-20/h1-13,22,28H,14-15H2,(H,31,32)/b19-13-. The van der Waals surface area contributed by atoms with Crippen molar-refractivity contribution < 1.29 is 24.6 Å². The number of carboxylic acid groups (broad SMARTS) is 1. The topological polar surface area (TPSA) is 108 Å². The number of hydrogen-bond donors (Lipinski definition) is 2. The van der Waals surface area contributed by atoms with Crippen molar-refractivity contribution in [2.75, 3.05) is 13.1 Å². The molecule has 1 atom stereocenters. The van der Waals surface area contributed by atoms with Gasteiger partial charge in [-0.3, -0.25) is 14.6 Å². The number of benzene rings is 2. The van der Waals surface area contributed by atoms with Gasteiger partial charge in [-0.15, -0.1) is 0 Å². The van der Waals surface area contributed by atoms with Crippen molar-refractivity contribution in [3.8, 4) is 5.75 Å². The number of likely N-dealkylation sites (tertiary alicyclic amines) is 1. The monoisotopic (exact) mass is 428 g/mol. The molecule has 4 rings (SSSR count). The van der Waals surface area contributed by atoms with E-state index in [-0.39, 0.29) is 41.7 Å². The third-order valence-corrected chi connectivity index (χ3v) is 5.35. The lowest BCUT2D eigenvalue weighted by Gasteiger charge is -2.34. The van der Waals surface area contributed by atoms with Crippen LogP contribution in [0.25, 0.3) is 6.08 Å². The van der Waals surface area contributed by atoms with Crippen LogP contribution < -0.4 is 0 Å². The number of phenolic OH excluding ortho intramolecular Hbond substituents is 1. The maximum Gasteiger partial charge on any atom is 0.335 e. The molecule has 1 amide bonds. The Kier molecular flexibility index (Phi) is 5.81. The van der Waals surface area contributed by atoms with Gasteiger partial charge in [0.1, 0.15) is 5.75 Å². The molecule has 0 spiro atoms. The maximum atomic E-state index is 13.3. The van der Waals surface area contributed by atoms with E-state index in [4.69, 9.17) is 0 Å². The normalized spacial score (nSPS) is 17.4. The lowest BCUT2D eigenvalue weighted by atomic mass is 9.85. The number of rotatable bonds is 4. The van der Waals surface area contributed by atoms with Crippen LogP contribution in [0.4, 0.5) is 0 Å².